The summed E-state index contributed by atoms with van der Waals surface area (Å²) < 4.78 is 28.9. The molecule has 1 atom stereocenters. The number of sulfonamides is 1. The van der Waals surface area contributed by atoms with Crippen molar-refractivity contribution in [3.8, 4) is 0 Å². The van der Waals surface area contributed by atoms with Crippen LogP contribution in [0.2, 0.25) is 15.1 Å². The van der Waals surface area contributed by atoms with Gasteiger partial charge in [0.05, 0.1) is 10.6 Å². The van der Waals surface area contributed by atoms with E-state index in [0.717, 1.165) is 9.87 Å². The van der Waals surface area contributed by atoms with Crippen molar-refractivity contribution in [2.24, 2.45) is 5.92 Å². The van der Waals surface area contributed by atoms with Crippen molar-refractivity contribution >= 4 is 62.3 Å². The highest BCUT2D eigenvalue weighted by molar-refractivity contribution is 7.92. The number of amides is 2. The Bertz CT molecular complexity index is 1460. The second-order valence-electron chi connectivity index (χ2n) is 10.1. The zero-order chi connectivity index (χ0) is 30.3. The second kappa shape index (κ2) is 14.4. The lowest BCUT2D eigenvalue weighted by molar-refractivity contribution is -0.140. The summed E-state index contributed by atoms with van der Waals surface area (Å²) in [6, 6.07) is 16.7. The van der Waals surface area contributed by atoms with E-state index in [9.17, 15) is 18.0 Å². The van der Waals surface area contributed by atoms with Crippen molar-refractivity contribution in [1.82, 2.24) is 10.2 Å². The van der Waals surface area contributed by atoms with Gasteiger partial charge in [0.15, 0.2) is 0 Å². The molecule has 0 saturated heterocycles. The molecule has 0 bridgehead atoms. The van der Waals surface area contributed by atoms with Crippen molar-refractivity contribution in [3.05, 3.63) is 92.9 Å². The Balaban J connectivity index is 2.09. The van der Waals surface area contributed by atoms with Crippen LogP contribution >= 0.6 is 34.8 Å². The summed E-state index contributed by atoms with van der Waals surface area (Å²) in [6.45, 7) is 7.32. The van der Waals surface area contributed by atoms with E-state index in [0.29, 0.717) is 32.9 Å². The Morgan fingerprint density at radius 1 is 0.927 bits per heavy atom. The first kappa shape index (κ1) is 32.7. The van der Waals surface area contributed by atoms with E-state index in [1.807, 2.05) is 26.8 Å². The van der Waals surface area contributed by atoms with E-state index in [1.54, 1.807) is 43.3 Å². The number of carbonyl (C=O) groups is 2. The maximum atomic E-state index is 14.1. The molecule has 0 fully saturated rings. The smallest absolute Gasteiger partial charge is 0.264 e. The molecule has 0 aliphatic heterocycles. The molecule has 3 aromatic rings. The highest BCUT2D eigenvalue weighted by atomic mass is 35.5. The van der Waals surface area contributed by atoms with Crippen LogP contribution in [-0.4, -0.2) is 44.3 Å². The third kappa shape index (κ3) is 8.38. The molecule has 3 rings (SSSR count). The molecule has 0 aromatic heterocycles. The number of carbonyl (C=O) groups excluding carboxylic acids is 2. The number of rotatable bonds is 12. The van der Waals surface area contributed by atoms with Gasteiger partial charge in [-0.05, 0) is 73.4 Å². The van der Waals surface area contributed by atoms with Gasteiger partial charge in [-0.25, -0.2) is 8.42 Å². The largest absolute Gasteiger partial charge is 0.354 e. The van der Waals surface area contributed by atoms with Gasteiger partial charge in [0.1, 0.15) is 12.6 Å². The van der Waals surface area contributed by atoms with Crippen molar-refractivity contribution in [3.63, 3.8) is 0 Å². The van der Waals surface area contributed by atoms with Gasteiger partial charge in [-0.2, -0.15) is 0 Å². The standard InChI is InChI=1S/C30H34Cl3N3O4S/c1-5-28(30(38)34-17-20(2)3)35(18-25-26(32)10-7-11-27(25)33)29(37)19-36(23-9-6-8-21(4)16-23)41(39,40)24-14-12-22(31)13-15-24/h6-16,20,28H,5,17-19H2,1-4H3,(H,34,38)/t28-/m1/s1. The summed E-state index contributed by atoms with van der Waals surface area (Å²) >= 11 is 18.9. The van der Waals surface area contributed by atoms with Gasteiger partial charge in [0.25, 0.3) is 10.0 Å². The summed E-state index contributed by atoms with van der Waals surface area (Å²) in [6.07, 6.45) is 0.284. The highest BCUT2D eigenvalue weighted by Gasteiger charge is 2.34. The Hall–Kier alpha value is -2.78. The van der Waals surface area contributed by atoms with Gasteiger partial charge in [0, 0.05) is 33.7 Å². The Morgan fingerprint density at radius 3 is 2.10 bits per heavy atom. The van der Waals surface area contributed by atoms with Gasteiger partial charge >= 0.3 is 0 Å². The molecule has 3 aromatic carbocycles. The van der Waals surface area contributed by atoms with Crippen LogP contribution in [0.4, 0.5) is 5.69 Å². The predicted molar refractivity (Wildman–Crippen MR) is 166 cm³/mol. The van der Waals surface area contributed by atoms with Gasteiger partial charge in [-0.3, -0.25) is 13.9 Å². The van der Waals surface area contributed by atoms with E-state index >= 15 is 0 Å². The van der Waals surface area contributed by atoms with Gasteiger partial charge in [-0.1, -0.05) is 73.8 Å². The highest BCUT2D eigenvalue weighted by Crippen LogP contribution is 2.29. The molecule has 2 amide bonds. The molecule has 41 heavy (non-hydrogen) atoms. The summed E-state index contributed by atoms with van der Waals surface area (Å²) in [5.74, 6) is -0.744. The predicted octanol–water partition coefficient (Wildman–Crippen LogP) is 6.73. The quantitative estimate of drug-likeness (QED) is 0.238. The number of halogens is 3. The van der Waals surface area contributed by atoms with E-state index in [-0.39, 0.29) is 29.7 Å². The fraction of sp³-hybridized carbons (Fsp3) is 0.333. The minimum atomic E-state index is -4.21. The van der Waals surface area contributed by atoms with Crippen LogP contribution in [-0.2, 0) is 26.2 Å². The molecule has 220 valence electrons. The second-order valence-corrected chi connectivity index (χ2v) is 13.2. The molecule has 0 spiro atoms. The zero-order valence-electron chi connectivity index (χ0n) is 23.4. The maximum absolute atomic E-state index is 14.1. The van der Waals surface area contributed by atoms with Crippen molar-refractivity contribution in [2.45, 2.75) is 51.6 Å². The molecule has 0 saturated carbocycles. The third-order valence-electron chi connectivity index (χ3n) is 6.43. The average Bonchev–Trinajstić information content (AvgIpc) is 2.92. The first-order chi connectivity index (χ1) is 19.3. The lowest BCUT2D eigenvalue weighted by atomic mass is 10.1. The van der Waals surface area contributed by atoms with E-state index in [2.05, 4.69) is 5.32 Å². The molecule has 11 heteroatoms. The van der Waals surface area contributed by atoms with Crippen LogP contribution in [0.1, 0.15) is 38.3 Å². The number of nitrogens with zero attached hydrogens (tertiary/aromatic N) is 2. The van der Waals surface area contributed by atoms with Crippen LogP contribution in [0.15, 0.2) is 71.6 Å². The summed E-state index contributed by atoms with van der Waals surface area (Å²) in [4.78, 5) is 28.8. The lowest BCUT2D eigenvalue weighted by Gasteiger charge is -2.33. The Morgan fingerprint density at radius 2 is 1.54 bits per heavy atom. The van der Waals surface area contributed by atoms with E-state index in [4.69, 9.17) is 34.8 Å². The third-order valence-corrected chi connectivity index (χ3v) is 9.18. The fourth-order valence-corrected chi connectivity index (χ4v) is 6.29. The minimum Gasteiger partial charge on any atom is -0.354 e. The summed E-state index contributed by atoms with van der Waals surface area (Å²) in [7, 11) is -4.21. The number of hydrogen-bond acceptors (Lipinski definition) is 4. The first-order valence-corrected chi connectivity index (χ1v) is 15.8. The van der Waals surface area contributed by atoms with Gasteiger partial charge < -0.3 is 10.2 Å². The van der Waals surface area contributed by atoms with Crippen LogP contribution in [0.5, 0.6) is 0 Å². The Kier molecular flexibility index (Phi) is 11.5. The fourth-order valence-electron chi connectivity index (χ4n) is 4.24. The Labute approximate surface area is 257 Å². The van der Waals surface area contributed by atoms with Crippen molar-refractivity contribution < 1.29 is 18.0 Å². The normalized spacial score (nSPS) is 12.2. The van der Waals surface area contributed by atoms with E-state index in [1.165, 1.54) is 29.2 Å². The number of benzene rings is 3. The lowest BCUT2D eigenvalue weighted by Crippen LogP contribution is -2.52. The number of hydrogen-bond donors (Lipinski definition) is 1. The molecule has 0 unspecified atom stereocenters. The first-order valence-electron chi connectivity index (χ1n) is 13.2. The van der Waals surface area contributed by atoms with Crippen molar-refractivity contribution in [1.29, 1.82) is 0 Å². The minimum absolute atomic E-state index is 0.0291. The average molecular weight is 639 g/mol. The molecule has 0 aliphatic carbocycles. The molecule has 0 aliphatic rings. The van der Waals surface area contributed by atoms with Gasteiger partial charge in [0.2, 0.25) is 11.8 Å². The van der Waals surface area contributed by atoms with E-state index < -0.39 is 28.5 Å². The van der Waals surface area contributed by atoms with Crippen LogP contribution < -0.4 is 9.62 Å². The molecular weight excluding hydrogens is 605 g/mol. The SMILES string of the molecule is CC[C@H](C(=O)NCC(C)C)N(Cc1c(Cl)cccc1Cl)C(=O)CN(c1cccc(C)c1)S(=O)(=O)c1ccc(Cl)cc1. The van der Waals surface area contributed by atoms with Crippen LogP contribution in [0.3, 0.4) is 0 Å². The maximum Gasteiger partial charge on any atom is 0.264 e. The monoisotopic (exact) mass is 637 g/mol. The van der Waals surface area contributed by atoms with Crippen LogP contribution in [0, 0.1) is 12.8 Å². The molecule has 7 nitrogen and oxygen atoms in total. The summed E-state index contributed by atoms with van der Waals surface area (Å²) in [5, 5.41) is 3.93. The molecule has 0 radical (unpaired) electrons. The molecule has 1 N–H and O–H groups in total. The number of aryl methyl sites for hydroxylation is 1. The molecule has 0 heterocycles. The van der Waals surface area contributed by atoms with Crippen LogP contribution in [0.25, 0.3) is 0 Å². The topological polar surface area (TPSA) is 86.8 Å². The summed E-state index contributed by atoms with van der Waals surface area (Å²) in [5.41, 5.74) is 1.58. The zero-order valence-corrected chi connectivity index (χ0v) is 26.5. The number of nitrogens with one attached hydrogen (secondary N) is 1. The van der Waals surface area contributed by atoms with Gasteiger partial charge in [-0.15, -0.1) is 0 Å². The number of anilines is 1. The molecular formula is C30H34Cl3N3O4S. The van der Waals surface area contributed by atoms with Crippen molar-refractivity contribution in [2.75, 3.05) is 17.4 Å².